The minimum Gasteiger partial charge on any atom is -0.481 e. The first-order chi connectivity index (χ1) is 20.8. The number of aromatic carboxylic acids is 1. The molecule has 3 aromatic carbocycles. The molecular formula is C31H32N4O9. The summed E-state index contributed by atoms with van der Waals surface area (Å²) in [5.74, 6) is -4.21. The SMILES string of the molecule is CC(C)C(=O)C(CC(=O)O)N(Cc1cccc(C(=O)O)c1)C(=O)OCc1ccc(OC(=O)c2ccc(NC(=N)N)cc2)cc1. The summed E-state index contributed by atoms with van der Waals surface area (Å²) in [6.07, 6.45) is -1.63. The Labute approximate surface area is 252 Å². The van der Waals surface area contributed by atoms with E-state index in [9.17, 15) is 34.2 Å². The number of rotatable bonds is 13. The van der Waals surface area contributed by atoms with Gasteiger partial charge in [0.25, 0.3) is 0 Å². The van der Waals surface area contributed by atoms with Crippen LogP contribution in [-0.4, -0.2) is 56.9 Å². The lowest BCUT2D eigenvalue weighted by Crippen LogP contribution is -2.47. The van der Waals surface area contributed by atoms with Gasteiger partial charge in [-0.25, -0.2) is 14.4 Å². The number of aliphatic carboxylic acids is 1. The highest BCUT2D eigenvalue weighted by Crippen LogP contribution is 2.20. The Morgan fingerprint density at radius 1 is 0.909 bits per heavy atom. The van der Waals surface area contributed by atoms with E-state index in [2.05, 4.69) is 5.32 Å². The van der Waals surface area contributed by atoms with Gasteiger partial charge in [0.15, 0.2) is 11.7 Å². The van der Waals surface area contributed by atoms with E-state index in [1.54, 1.807) is 44.2 Å². The second-order valence-corrected chi connectivity index (χ2v) is 10.0. The predicted molar refractivity (Wildman–Crippen MR) is 158 cm³/mol. The van der Waals surface area contributed by atoms with Crippen molar-refractivity contribution in [2.75, 3.05) is 5.32 Å². The van der Waals surface area contributed by atoms with Gasteiger partial charge in [-0.1, -0.05) is 38.1 Å². The van der Waals surface area contributed by atoms with Gasteiger partial charge in [-0.3, -0.25) is 19.9 Å². The number of ether oxygens (including phenoxy) is 2. The molecule has 3 rings (SSSR count). The summed E-state index contributed by atoms with van der Waals surface area (Å²) in [6, 6.07) is 16.6. The number of ketones is 1. The summed E-state index contributed by atoms with van der Waals surface area (Å²) in [4.78, 5) is 62.8. The zero-order chi connectivity index (χ0) is 32.4. The number of esters is 1. The molecular weight excluding hydrogens is 572 g/mol. The van der Waals surface area contributed by atoms with Crippen molar-refractivity contribution in [1.82, 2.24) is 4.90 Å². The molecule has 3 aromatic rings. The number of nitrogens with one attached hydrogen (secondary N) is 2. The predicted octanol–water partition coefficient (Wildman–Crippen LogP) is 4.12. The highest BCUT2D eigenvalue weighted by molar-refractivity contribution is 5.94. The van der Waals surface area contributed by atoms with Crippen LogP contribution in [0.1, 0.15) is 52.1 Å². The van der Waals surface area contributed by atoms with Gasteiger partial charge < -0.3 is 30.7 Å². The van der Waals surface area contributed by atoms with Crippen LogP contribution in [-0.2, 0) is 27.5 Å². The topological polar surface area (TPSA) is 209 Å². The molecule has 0 saturated heterocycles. The molecule has 13 heteroatoms. The fourth-order valence-corrected chi connectivity index (χ4v) is 4.11. The van der Waals surface area contributed by atoms with Crippen LogP contribution >= 0.6 is 0 Å². The van der Waals surface area contributed by atoms with E-state index in [-0.39, 0.29) is 36.0 Å². The molecule has 44 heavy (non-hydrogen) atoms. The van der Waals surface area contributed by atoms with E-state index >= 15 is 0 Å². The number of carbonyl (C=O) groups excluding carboxylic acids is 3. The molecule has 0 radical (unpaired) electrons. The molecule has 0 saturated carbocycles. The number of amides is 1. The Hall–Kier alpha value is -5.72. The maximum atomic E-state index is 13.3. The van der Waals surface area contributed by atoms with Crippen LogP contribution in [0.4, 0.5) is 10.5 Å². The van der Waals surface area contributed by atoms with Crippen molar-refractivity contribution < 1.29 is 43.7 Å². The number of nitrogens with zero attached hydrogens (tertiary/aromatic N) is 1. The maximum absolute atomic E-state index is 13.3. The molecule has 0 aliphatic carbocycles. The van der Waals surface area contributed by atoms with Gasteiger partial charge in [0.05, 0.1) is 17.5 Å². The molecule has 0 aromatic heterocycles. The number of carboxylic acid groups (broad SMARTS) is 2. The zero-order valence-electron chi connectivity index (χ0n) is 24.0. The van der Waals surface area contributed by atoms with Crippen molar-refractivity contribution in [3.8, 4) is 5.75 Å². The standard InChI is InChI=1S/C31H32N4O9/c1-18(2)27(38)25(15-26(36)37)35(16-20-4-3-5-22(14-20)28(39)40)31(42)43-17-19-6-12-24(13-7-19)44-29(41)21-8-10-23(11-9-21)34-30(32)33/h3-14,18,25H,15-17H2,1-2H3,(H,36,37)(H,39,40)(H4,32,33,34). The van der Waals surface area contributed by atoms with Crippen molar-refractivity contribution in [1.29, 1.82) is 5.41 Å². The van der Waals surface area contributed by atoms with Crippen LogP contribution in [0.25, 0.3) is 0 Å². The lowest BCUT2D eigenvalue weighted by molar-refractivity contribution is -0.142. The van der Waals surface area contributed by atoms with Crippen LogP contribution in [0.5, 0.6) is 5.75 Å². The first-order valence-electron chi connectivity index (χ1n) is 13.4. The zero-order valence-corrected chi connectivity index (χ0v) is 24.0. The normalized spacial score (nSPS) is 11.2. The van der Waals surface area contributed by atoms with Gasteiger partial charge in [0.2, 0.25) is 0 Å². The Balaban J connectivity index is 1.72. The average molecular weight is 605 g/mol. The Morgan fingerprint density at radius 2 is 1.57 bits per heavy atom. The monoisotopic (exact) mass is 604 g/mol. The number of Topliss-reactive ketones (excluding diaryl/α,β-unsaturated/α-hetero) is 1. The largest absolute Gasteiger partial charge is 0.481 e. The molecule has 0 heterocycles. The molecule has 1 unspecified atom stereocenters. The molecule has 13 nitrogen and oxygen atoms in total. The van der Waals surface area contributed by atoms with Crippen molar-refractivity contribution in [3.63, 3.8) is 0 Å². The summed E-state index contributed by atoms with van der Waals surface area (Å²) in [5.41, 5.74) is 6.92. The van der Waals surface area contributed by atoms with Crippen molar-refractivity contribution >= 4 is 41.4 Å². The summed E-state index contributed by atoms with van der Waals surface area (Å²) in [6.45, 7) is 2.65. The molecule has 1 atom stereocenters. The van der Waals surface area contributed by atoms with E-state index in [1.807, 2.05) is 0 Å². The number of anilines is 1. The molecule has 0 bridgehead atoms. The fourth-order valence-electron chi connectivity index (χ4n) is 4.11. The van der Waals surface area contributed by atoms with Crippen molar-refractivity contribution in [2.45, 2.75) is 39.5 Å². The number of carbonyl (C=O) groups is 5. The van der Waals surface area contributed by atoms with Gasteiger partial charge in [-0.15, -0.1) is 0 Å². The summed E-state index contributed by atoms with van der Waals surface area (Å²) >= 11 is 0. The number of hydrogen-bond acceptors (Lipinski definition) is 8. The van der Waals surface area contributed by atoms with E-state index < -0.39 is 48.2 Å². The number of carboxylic acids is 2. The smallest absolute Gasteiger partial charge is 0.411 e. The fraction of sp³-hybridized carbons (Fsp3) is 0.226. The van der Waals surface area contributed by atoms with E-state index in [0.717, 1.165) is 4.90 Å². The van der Waals surface area contributed by atoms with Gasteiger partial charge >= 0.3 is 24.0 Å². The van der Waals surface area contributed by atoms with E-state index in [4.69, 9.17) is 20.6 Å². The van der Waals surface area contributed by atoms with Gasteiger partial charge in [0, 0.05) is 18.2 Å². The molecule has 0 aliphatic heterocycles. The summed E-state index contributed by atoms with van der Waals surface area (Å²) < 4.78 is 10.8. The number of benzene rings is 3. The number of nitrogens with two attached hydrogens (primary N) is 1. The third kappa shape index (κ3) is 9.41. The molecule has 0 aliphatic rings. The van der Waals surface area contributed by atoms with Crippen LogP contribution in [0.3, 0.4) is 0 Å². The van der Waals surface area contributed by atoms with E-state index in [0.29, 0.717) is 16.8 Å². The van der Waals surface area contributed by atoms with Crippen molar-refractivity contribution in [3.05, 3.63) is 95.1 Å². The lowest BCUT2D eigenvalue weighted by Gasteiger charge is -2.30. The second-order valence-electron chi connectivity index (χ2n) is 10.0. The molecule has 6 N–H and O–H groups in total. The third-order valence-electron chi connectivity index (χ3n) is 6.30. The van der Waals surface area contributed by atoms with Gasteiger partial charge in [-0.05, 0) is 59.7 Å². The lowest BCUT2D eigenvalue weighted by atomic mass is 9.97. The molecule has 1 amide bonds. The Morgan fingerprint density at radius 3 is 2.14 bits per heavy atom. The number of guanidine groups is 1. The third-order valence-corrected chi connectivity index (χ3v) is 6.30. The average Bonchev–Trinajstić information content (AvgIpc) is 2.98. The van der Waals surface area contributed by atoms with Crippen LogP contribution < -0.4 is 15.8 Å². The summed E-state index contributed by atoms with van der Waals surface area (Å²) in [5, 5.41) is 28.7. The van der Waals surface area contributed by atoms with Gasteiger partial charge in [0.1, 0.15) is 18.4 Å². The first kappa shape index (κ1) is 32.8. The van der Waals surface area contributed by atoms with E-state index in [1.165, 1.54) is 42.5 Å². The minimum atomic E-state index is -1.36. The van der Waals surface area contributed by atoms with Crippen LogP contribution in [0.15, 0.2) is 72.8 Å². The van der Waals surface area contributed by atoms with Crippen LogP contribution in [0.2, 0.25) is 0 Å². The highest BCUT2D eigenvalue weighted by atomic mass is 16.6. The minimum absolute atomic E-state index is 0.0383. The Bertz CT molecular complexity index is 1540. The van der Waals surface area contributed by atoms with Crippen LogP contribution in [0, 0.1) is 11.3 Å². The molecule has 0 fully saturated rings. The Kier molecular flexibility index (Phi) is 11.1. The second kappa shape index (κ2) is 15.0. The highest BCUT2D eigenvalue weighted by Gasteiger charge is 2.34. The summed E-state index contributed by atoms with van der Waals surface area (Å²) in [7, 11) is 0. The maximum Gasteiger partial charge on any atom is 0.411 e. The first-order valence-corrected chi connectivity index (χ1v) is 13.4. The van der Waals surface area contributed by atoms with Crippen molar-refractivity contribution in [2.24, 2.45) is 11.7 Å². The number of hydrogen-bond donors (Lipinski definition) is 5. The van der Waals surface area contributed by atoms with Gasteiger partial charge in [-0.2, -0.15) is 0 Å². The molecule has 230 valence electrons. The molecule has 0 spiro atoms. The quantitative estimate of drug-likeness (QED) is 0.0811.